The van der Waals surface area contributed by atoms with Crippen LogP contribution in [-0.2, 0) is 16.0 Å². The first-order chi connectivity index (χ1) is 14.7. The molecule has 0 bridgehead atoms. The molecule has 1 unspecified atom stereocenters. The summed E-state index contributed by atoms with van der Waals surface area (Å²) in [5, 5.41) is 6.69. The lowest BCUT2D eigenvalue weighted by Gasteiger charge is -2.31. The Morgan fingerprint density at radius 3 is 2.77 bits per heavy atom. The van der Waals surface area contributed by atoms with Gasteiger partial charge < -0.3 is 25.0 Å². The fraction of sp³-hybridized carbons (Fsp3) is 0.739. The normalized spacial score (nSPS) is 19.9. The highest BCUT2D eigenvalue weighted by Gasteiger charge is 2.17. The molecule has 2 aliphatic rings. The standard InChI is InChI=1S/C23H39N5O2.HI/c1-3-24-23(25-11-5-14-29-18-21-6-4-15-30-21)27-17-20-7-8-22(26-16-20)28-12-9-19(2)10-13-28;/h7-8,16,19,21H,3-6,9-15,17-18H2,1-2H3,(H2,24,25,27);1H. The predicted octanol–water partition coefficient (Wildman–Crippen LogP) is 3.58. The molecule has 7 nitrogen and oxygen atoms in total. The molecule has 0 saturated carbocycles. The molecule has 2 saturated heterocycles. The number of guanidine groups is 1. The molecule has 2 fully saturated rings. The minimum atomic E-state index is 0. The summed E-state index contributed by atoms with van der Waals surface area (Å²) >= 11 is 0. The van der Waals surface area contributed by atoms with Gasteiger partial charge in [0.05, 0.1) is 19.3 Å². The van der Waals surface area contributed by atoms with Gasteiger partial charge in [0.15, 0.2) is 5.96 Å². The van der Waals surface area contributed by atoms with E-state index in [1.54, 1.807) is 0 Å². The number of halogens is 1. The molecule has 0 spiro atoms. The first-order valence-corrected chi connectivity index (χ1v) is 11.7. The molecule has 31 heavy (non-hydrogen) atoms. The van der Waals surface area contributed by atoms with Gasteiger partial charge in [-0.15, -0.1) is 24.0 Å². The number of rotatable bonds is 10. The third-order valence-corrected chi connectivity index (χ3v) is 5.77. The van der Waals surface area contributed by atoms with Crippen LogP contribution in [0, 0.1) is 5.92 Å². The zero-order valence-electron chi connectivity index (χ0n) is 19.1. The van der Waals surface area contributed by atoms with Gasteiger partial charge in [-0.2, -0.15) is 0 Å². The minimum absolute atomic E-state index is 0. The first kappa shape index (κ1) is 26.1. The number of hydrogen-bond acceptors (Lipinski definition) is 5. The van der Waals surface area contributed by atoms with E-state index < -0.39 is 0 Å². The van der Waals surface area contributed by atoms with Crippen LogP contribution in [0.25, 0.3) is 0 Å². The van der Waals surface area contributed by atoms with E-state index in [1.807, 2.05) is 6.20 Å². The molecule has 0 radical (unpaired) electrons. The number of pyridine rings is 1. The smallest absolute Gasteiger partial charge is 0.191 e. The lowest BCUT2D eigenvalue weighted by atomic mass is 9.99. The third kappa shape index (κ3) is 9.49. The third-order valence-electron chi connectivity index (χ3n) is 5.77. The van der Waals surface area contributed by atoms with Crippen LogP contribution >= 0.6 is 24.0 Å². The van der Waals surface area contributed by atoms with Crippen molar-refractivity contribution in [3.63, 3.8) is 0 Å². The van der Waals surface area contributed by atoms with Crippen molar-refractivity contribution in [3.05, 3.63) is 23.9 Å². The second-order valence-electron chi connectivity index (χ2n) is 8.38. The largest absolute Gasteiger partial charge is 0.379 e. The van der Waals surface area contributed by atoms with Crippen molar-refractivity contribution in [2.45, 2.75) is 58.6 Å². The number of anilines is 1. The Bertz CT molecular complexity index is 629. The molecule has 8 heteroatoms. The molecule has 2 N–H and O–H groups in total. The second-order valence-corrected chi connectivity index (χ2v) is 8.38. The summed E-state index contributed by atoms with van der Waals surface area (Å²) in [7, 11) is 0. The van der Waals surface area contributed by atoms with Crippen LogP contribution in [0.2, 0.25) is 0 Å². The number of ether oxygens (including phenoxy) is 2. The first-order valence-electron chi connectivity index (χ1n) is 11.7. The van der Waals surface area contributed by atoms with Crippen LogP contribution in [0.5, 0.6) is 0 Å². The minimum Gasteiger partial charge on any atom is -0.379 e. The number of nitrogens with zero attached hydrogens (tertiary/aromatic N) is 3. The van der Waals surface area contributed by atoms with Crippen molar-refractivity contribution in [1.29, 1.82) is 0 Å². The van der Waals surface area contributed by atoms with Crippen molar-refractivity contribution in [2.24, 2.45) is 10.9 Å². The molecule has 0 aromatic carbocycles. The molecule has 1 aromatic heterocycles. The van der Waals surface area contributed by atoms with Crippen LogP contribution in [0.15, 0.2) is 23.3 Å². The fourth-order valence-electron chi connectivity index (χ4n) is 3.82. The Labute approximate surface area is 204 Å². The summed E-state index contributed by atoms with van der Waals surface area (Å²) in [5.74, 6) is 2.76. The highest BCUT2D eigenvalue weighted by Crippen LogP contribution is 2.21. The summed E-state index contributed by atoms with van der Waals surface area (Å²) in [5.41, 5.74) is 1.13. The van der Waals surface area contributed by atoms with Gasteiger partial charge in [-0.3, -0.25) is 0 Å². The predicted molar refractivity (Wildman–Crippen MR) is 137 cm³/mol. The van der Waals surface area contributed by atoms with Gasteiger partial charge in [-0.1, -0.05) is 13.0 Å². The van der Waals surface area contributed by atoms with Crippen molar-refractivity contribution in [1.82, 2.24) is 15.6 Å². The van der Waals surface area contributed by atoms with E-state index in [1.165, 1.54) is 12.8 Å². The van der Waals surface area contributed by atoms with Crippen LogP contribution in [-0.4, -0.2) is 63.0 Å². The molecule has 3 heterocycles. The van der Waals surface area contributed by atoms with E-state index >= 15 is 0 Å². The molecule has 1 atom stereocenters. The summed E-state index contributed by atoms with van der Waals surface area (Å²) in [6.45, 7) is 11.3. The molecule has 176 valence electrons. The van der Waals surface area contributed by atoms with Gasteiger partial charge in [0, 0.05) is 45.6 Å². The van der Waals surface area contributed by atoms with E-state index in [-0.39, 0.29) is 24.0 Å². The number of aromatic nitrogens is 1. The van der Waals surface area contributed by atoms with Crippen LogP contribution in [0.4, 0.5) is 5.82 Å². The number of aliphatic imine (C=N–C) groups is 1. The van der Waals surface area contributed by atoms with E-state index in [2.05, 4.69) is 46.5 Å². The lowest BCUT2D eigenvalue weighted by Crippen LogP contribution is -2.38. The number of piperidine rings is 1. The molecular formula is C23H40IN5O2. The average molecular weight is 546 g/mol. The molecule has 1 aromatic rings. The van der Waals surface area contributed by atoms with Gasteiger partial charge >= 0.3 is 0 Å². The van der Waals surface area contributed by atoms with Gasteiger partial charge in [0.1, 0.15) is 5.82 Å². The maximum Gasteiger partial charge on any atom is 0.191 e. The van der Waals surface area contributed by atoms with E-state index in [0.717, 1.165) is 81.9 Å². The monoisotopic (exact) mass is 545 g/mol. The fourth-order valence-corrected chi connectivity index (χ4v) is 3.82. The van der Waals surface area contributed by atoms with E-state index in [0.29, 0.717) is 19.3 Å². The second kappa shape index (κ2) is 14.8. The van der Waals surface area contributed by atoms with Crippen molar-refractivity contribution >= 4 is 35.8 Å². The van der Waals surface area contributed by atoms with E-state index in [4.69, 9.17) is 14.5 Å². The lowest BCUT2D eigenvalue weighted by molar-refractivity contribution is 0.0168. The van der Waals surface area contributed by atoms with E-state index in [9.17, 15) is 0 Å². The highest BCUT2D eigenvalue weighted by molar-refractivity contribution is 14.0. The molecule has 2 aliphatic heterocycles. The SMILES string of the molecule is CCNC(=NCc1ccc(N2CCC(C)CC2)nc1)NCCCOCC1CCCO1.I. The van der Waals surface area contributed by atoms with Crippen LogP contribution in [0.3, 0.4) is 0 Å². The Morgan fingerprint density at radius 2 is 2.10 bits per heavy atom. The molecular weight excluding hydrogens is 505 g/mol. The van der Waals surface area contributed by atoms with Gasteiger partial charge in [0.2, 0.25) is 0 Å². The van der Waals surface area contributed by atoms with Crippen LogP contribution in [0.1, 0.15) is 51.5 Å². The summed E-state index contributed by atoms with van der Waals surface area (Å²) < 4.78 is 11.3. The topological polar surface area (TPSA) is 71.0 Å². The summed E-state index contributed by atoms with van der Waals surface area (Å²) in [6.07, 6.45) is 8.00. The average Bonchev–Trinajstić information content (AvgIpc) is 3.29. The zero-order chi connectivity index (χ0) is 21.0. The summed E-state index contributed by atoms with van der Waals surface area (Å²) in [6, 6.07) is 4.28. The Balaban J connectivity index is 0.00000341. The maximum absolute atomic E-state index is 5.72. The van der Waals surface area contributed by atoms with Crippen molar-refractivity contribution < 1.29 is 9.47 Å². The summed E-state index contributed by atoms with van der Waals surface area (Å²) in [4.78, 5) is 11.8. The Morgan fingerprint density at radius 1 is 1.26 bits per heavy atom. The Hall–Kier alpha value is -1.13. The number of hydrogen-bond donors (Lipinski definition) is 2. The van der Waals surface area contributed by atoms with Crippen molar-refractivity contribution in [2.75, 3.05) is 50.9 Å². The van der Waals surface area contributed by atoms with Crippen LogP contribution < -0.4 is 15.5 Å². The van der Waals surface area contributed by atoms with Gasteiger partial charge in [-0.25, -0.2) is 9.98 Å². The number of nitrogens with one attached hydrogen (secondary N) is 2. The molecule has 3 rings (SSSR count). The molecule has 0 amide bonds. The zero-order valence-corrected chi connectivity index (χ0v) is 21.5. The molecule has 0 aliphatic carbocycles. The quantitative estimate of drug-likeness (QED) is 0.203. The van der Waals surface area contributed by atoms with Gasteiger partial charge in [-0.05, 0) is 56.6 Å². The van der Waals surface area contributed by atoms with Crippen molar-refractivity contribution in [3.8, 4) is 0 Å². The highest BCUT2D eigenvalue weighted by atomic mass is 127. The van der Waals surface area contributed by atoms with Gasteiger partial charge in [0.25, 0.3) is 0 Å². The maximum atomic E-state index is 5.72. The Kier molecular flexibility index (Phi) is 12.5.